The van der Waals surface area contributed by atoms with Crippen LogP contribution >= 0.6 is 0 Å². The van der Waals surface area contributed by atoms with Crippen molar-refractivity contribution in [2.75, 3.05) is 20.3 Å². The van der Waals surface area contributed by atoms with Gasteiger partial charge >= 0.3 is 0 Å². The Morgan fingerprint density at radius 3 is 2.70 bits per heavy atom. The molecule has 0 aliphatic carbocycles. The van der Waals surface area contributed by atoms with Crippen LogP contribution in [-0.2, 0) is 11.2 Å². The van der Waals surface area contributed by atoms with Gasteiger partial charge in [-0.05, 0) is 30.4 Å². The predicted molar refractivity (Wildman–Crippen MR) is 98.2 cm³/mol. The summed E-state index contributed by atoms with van der Waals surface area (Å²) in [5.74, 6) is 1.57. The van der Waals surface area contributed by atoms with Gasteiger partial charge in [-0.1, -0.05) is 6.07 Å². The summed E-state index contributed by atoms with van der Waals surface area (Å²) in [5.41, 5.74) is 3.24. The van der Waals surface area contributed by atoms with Gasteiger partial charge in [0.15, 0.2) is 11.7 Å². The Morgan fingerprint density at radius 2 is 2.00 bits per heavy atom. The molecule has 1 aliphatic heterocycles. The number of carbonyl (C=O) groups excluding carboxylic acids is 1. The monoisotopic (exact) mass is 367 g/mol. The smallest absolute Gasteiger partial charge is 0.205 e. The van der Waals surface area contributed by atoms with Crippen molar-refractivity contribution in [2.24, 2.45) is 0 Å². The molecule has 0 unspecified atom stereocenters. The van der Waals surface area contributed by atoms with Gasteiger partial charge in [-0.3, -0.25) is 9.78 Å². The quantitative estimate of drug-likeness (QED) is 0.640. The number of Topliss-reactive ketones (excluding diaryl/α,β-unsaturated/α-hetero) is 1. The van der Waals surface area contributed by atoms with E-state index in [9.17, 15) is 4.79 Å². The van der Waals surface area contributed by atoms with Gasteiger partial charge in [0.05, 0.1) is 30.9 Å². The fraction of sp³-hybridized carbons (Fsp3) is 0.400. The number of hydrogen-bond donors (Lipinski definition) is 0. The molecule has 0 spiro atoms. The summed E-state index contributed by atoms with van der Waals surface area (Å²) in [5, 5.41) is 0. The molecule has 7 nitrogen and oxygen atoms in total. The van der Waals surface area contributed by atoms with Crippen molar-refractivity contribution in [3.05, 3.63) is 47.4 Å². The third-order valence-electron chi connectivity index (χ3n) is 4.86. The Bertz CT molecular complexity index is 977. The van der Waals surface area contributed by atoms with Crippen LogP contribution in [0.3, 0.4) is 0 Å². The van der Waals surface area contributed by atoms with Gasteiger partial charge in [0.2, 0.25) is 5.78 Å². The van der Waals surface area contributed by atoms with Crippen molar-refractivity contribution in [3.63, 3.8) is 0 Å². The number of carbonyl (C=O) groups is 1. The summed E-state index contributed by atoms with van der Waals surface area (Å²) in [6, 6.07) is 3.99. The third-order valence-corrected chi connectivity index (χ3v) is 4.86. The molecule has 0 N–H and O–H groups in total. The molecule has 1 saturated heterocycles. The van der Waals surface area contributed by atoms with Crippen LogP contribution in [0.1, 0.15) is 46.5 Å². The zero-order chi connectivity index (χ0) is 18.8. The number of methoxy groups -OCH3 is 1. The lowest BCUT2D eigenvalue weighted by molar-refractivity contribution is 0.0855. The van der Waals surface area contributed by atoms with E-state index in [0.29, 0.717) is 28.8 Å². The number of rotatable bonds is 5. The topological polar surface area (TPSA) is 87.3 Å². The molecule has 140 valence electrons. The summed E-state index contributed by atoms with van der Waals surface area (Å²) >= 11 is 0. The van der Waals surface area contributed by atoms with Crippen LogP contribution in [0.2, 0.25) is 0 Å². The summed E-state index contributed by atoms with van der Waals surface area (Å²) in [6.07, 6.45) is 5.13. The number of aromatic nitrogens is 3. The lowest BCUT2D eigenvalue weighted by Gasteiger charge is -2.23. The first-order valence-corrected chi connectivity index (χ1v) is 9.01. The van der Waals surface area contributed by atoms with Crippen LogP contribution in [0.25, 0.3) is 11.0 Å². The Hall–Kier alpha value is -2.80. The van der Waals surface area contributed by atoms with E-state index in [1.54, 1.807) is 20.2 Å². The minimum atomic E-state index is -0.177. The fourth-order valence-electron chi connectivity index (χ4n) is 3.46. The number of ketones is 1. The van der Waals surface area contributed by atoms with Gasteiger partial charge in [-0.2, -0.15) is 0 Å². The van der Waals surface area contributed by atoms with Crippen molar-refractivity contribution in [1.82, 2.24) is 15.0 Å². The largest absolute Gasteiger partial charge is 0.494 e. The SMILES string of the molecule is COc1ccc(C2CCOCC2)c2ncc(CC(=O)c3cnc(C)o3)nc12. The molecule has 0 bridgehead atoms. The van der Waals surface area contributed by atoms with E-state index < -0.39 is 0 Å². The first kappa shape index (κ1) is 17.6. The molecule has 27 heavy (non-hydrogen) atoms. The highest BCUT2D eigenvalue weighted by Crippen LogP contribution is 2.34. The number of nitrogens with zero attached hydrogens (tertiary/aromatic N) is 3. The van der Waals surface area contributed by atoms with Gasteiger partial charge < -0.3 is 13.9 Å². The lowest BCUT2D eigenvalue weighted by Crippen LogP contribution is -2.15. The molecule has 0 amide bonds. The number of aryl methyl sites for hydroxylation is 1. The number of fused-ring (bicyclic) bond motifs is 1. The van der Waals surface area contributed by atoms with E-state index >= 15 is 0 Å². The summed E-state index contributed by atoms with van der Waals surface area (Å²) in [4.78, 5) is 25.7. The normalized spacial score (nSPS) is 15.2. The Labute approximate surface area is 156 Å². The highest BCUT2D eigenvalue weighted by Gasteiger charge is 2.21. The minimum absolute atomic E-state index is 0.0994. The molecule has 1 aromatic carbocycles. The Kier molecular flexibility index (Phi) is 4.85. The van der Waals surface area contributed by atoms with Crippen molar-refractivity contribution in [2.45, 2.75) is 32.1 Å². The molecule has 0 atom stereocenters. The van der Waals surface area contributed by atoms with Gasteiger partial charge in [0.1, 0.15) is 11.3 Å². The van der Waals surface area contributed by atoms with Crippen LogP contribution in [-0.4, -0.2) is 41.1 Å². The summed E-state index contributed by atoms with van der Waals surface area (Å²) in [6.45, 7) is 3.22. The molecule has 0 radical (unpaired) electrons. The van der Waals surface area contributed by atoms with E-state index in [-0.39, 0.29) is 18.0 Å². The lowest BCUT2D eigenvalue weighted by atomic mass is 9.90. The standard InChI is InChI=1S/C20H21N3O4/c1-12-21-11-18(27-12)16(24)9-14-10-22-19-15(13-5-7-26-8-6-13)3-4-17(25-2)20(19)23-14/h3-4,10-11,13H,5-9H2,1-2H3. The third kappa shape index (κ3) is 3.55. The van der Waals surface area contributed by atoms with Gasteiger partial charge in [0.25, 0.3) is 0 Å². The molecule has 1 fully saturated rings. The van der Waals surface area contributed by atoms with Crippen molar-refractivity contribution >= 4 is 16.8 Å². The maximum absolute atomic E-state index is 12.4. The fourth-order valence-corrected chi connectivity index (χ4v) is 3.46. The van der Waals surface area contributed by atoms with Crippen LogP contribution in [0.4, 0.5) is 0 Å². The Balaban J connectivity index is 1.69. The predicted octanol–water partition coefficient (Wildman–Crippen LogP) is 3.25. The van der Waals surface area contributed by atoms with E-state index in [4.69, 9.17) is 13.9 Å². The number of ether oxygens (including phenoxy) is 2. The molecular formula is C20H21N3O4. The number of oxazole rings is 1. The van der Waals surface area contributed by atoms with Gasteiger partial charge in [-0.25, -0.2) is 9.97 Å². The molecule has 4 rings (SSSR count). The maximum atomic E-state index is 12.4. The van der Waals surface area contributed by atoms with Crippen molar-refractivity contribution in [1.29, 1.82) is 0 Å². The van der Waals surface area contributed by atoms with E-state index in [2.05, 4.69) is 21.0 Å². The summed E-state index contributed by atoms with van der Waals surface area (Å²) < 4.78 is 16.3. The highest BCUT2D eigenvalue weighted by molar-refractivity contribution is 5.95. The molecule has 1 aliphatic rings. The van der Waals surface area contributed by atoms with E-state index in [1.165, 1.54) is 6.20 Å². The minimum Gasteiger partial charge on any atom is -0.494 e. The second kappa shape index (κ2) is 7.44. The van der Waals surface area contributed by atoms with Crippen molar-refractivity contribution in [3.8, 4) is 5.75 Å². The van der Waals surface area contributed by atoms with Crippen molar-refractivity contribution < 1.29 is 18.7 Å². The zero-order valence-corrected chi connectivity index (χ0v) is 15.4. The number of benzene rings is 1. The number of hydrogen-bond acceptors (Lipinski definition) is 7. The molecule has 0 saturated carbocycles. The van der Waals surface area contributed by atoms with Crippen LogP contribution in [0.5, 0.6) is 5.75 Å². The second-order valence-corrected chi connectivity index (χ2v) is 6.65. The first-order valence-electron chi connectivity index (χ1n) is 9.01. The molecular weight excluding hydrogens is 346 g/mol. The zero-order valence-electron chi connectivity index (χ0n) is 15.4. The highest BCUT2D eigenvalue weighted by atomic mass is 16.5. The Morgan fingerprint density at radius 1 is 1.19 bits per heavy atom. The van der Waals surface area contributed by atoms with Crippen LogP contribution in [0, 0.1) is 6.92 Å². The average Bonchev–Trinajstić information content (AvgIpc) is 3.14. The molecule has 2 aromatic heterocycles. The average molecular weight is 367 g/mol. The summed E-state index contributed by atoms with van der Waals surface area (Å²) in [7, 11) is 1.61. The molecule has 3 heterocycles. The molecule has 3 aromatic rings. The van der Waals surface area contributed by atoms with Crippen LogP contribution in [0.15, 0.2) is 28.9 Å². The first-order chi connectivity index (χ1) is 13.2. The van der Waals surface area contributed by atoms with E-state index in [1.807, 2.05) is 6.07 Å². The maximum Gasteiger partial charge on any atom is 0.205 e. The van der Waals surface area contributed by atoms with Gasteiger partial charge in [0, 0.05) is 26.3 Å². The van der Waals surface area contributed by atoms with E-state index in [0.717, 1.165) is 37.1 Å². The second-order valence-electron chi connectivity index (χ2n) is 6.65. The van der Waals surface area contributed by atoms with Gasteiger partial charge in [-0.15, -0.1) is 0 Å². The van der Waals surface area contributed by atoms with Crippen LogP contribution < -0.4 is 4.74 Å². The molecule has 7 heteroatoms.